The predicted molar refractivity (Wildman–Crippen MR) is 131 cm³/mol. The van der Waals surface area contributed by atoms with Gasteiger partial charge in [-0.2, -0.15) is 4.90 Å². The Morgan fingerprint density at radius 2 is 1.26 bits per heavy atom. The Bertz CT molecular complexity index is 961. The monoisotopic (exact) mass is 485 g/mol. The van der Waals surface area contributed by atoms with Gasteiger partial charge >= 0.3 is 18.2 Å². The summed E-state index contributed by atoms with van der Waals surface area (Å²) in [5.41, 5.74) is -0.883. The van der Waals surface area contributed by atoms with Gasteiger partial charge in [0.05, 0.1) is 7.11 Å². The molecule has 8 nitrogen and oxygen atoms in total. The zero-order valence-corrected chi connectivity index (χ0v) is 21.5. The maximum absolute atomic E-state index is 13.0. The molecule has 190 valence electrons. The van der Waals surface area contributed by atoms with Crippen LogP contribution in [0.3, 0.4) is 0 Å². The maximum atomic E-state index is 13.0. The van der Waals surface area contributed by atoms with Crippen LogP contribution in [-0.2, 0) is 25.4 Å². The summed E-state index contributed by atoms with van der Waals surface area (Å²) in [6.45, 7) is 10.0. The van der Waals surface area contributed by atoms with Crippen molar-refractivity contribution in [2.75, 3.05) is 7.11 Å². The van der Waals surface area contributed by atoms with Crippen molar-refractivity contribution in [3.63, 3.8) is 0 Å². The van der Waals surface area contributed by atoms with Gasteiger partial charge in [-0.05, 0) is 84.2 Å². The van der Waals surface area contributed by atoms with E-state index in [2.05, 4.69) is 0 Å². The number of methoxy groups -OCH3 is 1. The molecule has 0 N–H and O–H groups in total. The van der Waals surface area contributed by atoms with Crippen molar-refractivity contribution >= 4 is 18.2 Å². The number of imide groups is 1. The molecule has 0 saturated heterocycles. The summed E-state index contributed by atoms with van der Waals surface area (Å²) in [5, 5.41) is 0. The first-order valence-corrected chi connectivity index (χ1v) is 11.4. The number of hydrogen-bond acceptors (Lipinski definition) is 7. The number of rotatable bonds is 7. The van der Waals surface area contributed by atoms with Crippen LogP contribution in [0.5, 0.6) is 11.5 Å². The van der Waals surface area contributed by atoms with Crippen LogP contribution < -0.4 is 4.74 Å². The van der Waals surface area contributed by atoms with E-state index in [1.165, 1.54) is 7.11 Å². The van der Waals surface area contributed by atoms with Gasteiger partial charge in [-0.3, -0.25) is 0 Å². The van der Waals surface area contributed by atoms with E-state index in [1.807, 2.05) is 54.6 Å². The summed E-state index contributed by atoms with van der Waals surface area (Å²) in [6.07, 6.45) is -1.46. The van der Waals surface area contributed by atoms with Gasteiger partial charge in [0.25, 0.3) is 0 Å². The third-order valence-corrected chi connectivity index (χ3v) is 4.57. The summed E-state index contributed by atoms with van der Waals surface area (Å²) in [4.78, 5) is 39.3. The number of benzene rings is 2. The van der Waals surface area contributed by atoms with Crippen molar-refractivity contribution in [3.8, 4) is 11.5 Å². The van der Waals surface area contributed by atoms with Crippen LogP contribution >= 0.6 is 0 Å². The normalized spacial score (nSPS) is 12.3. The van der Waals surface area contributed by atoms with E-state index < -0.39 is 35.4 Å². The largest absolute Gasteiger partial charge is 0.467 e. The van der Waals surface area contributed by atoms with E-state index in [0.717, 1.165) is 11.3 Å². The Balaban J connectivity index is 2.22. The molecule has 0 bridgehead atoms. The lowest BCUT2D eigenvalue weighted by molar-refractivity contribution is -0.146. The number of esters is 1. The second-order valence-electron chi connectivity index (χ2n) is 9.97. The standard InChI is InChI=1S/C27H35NO7/c1-26(2,3)34-24(30)28(25(31)35-27(4,5)6)22(23(29)32-7)18-15-19-13-16-21(17-14-19)33-20-11-9-8-10-12-20/h8-14,16-17,22H,15,18H2,1-7H3. The molecule has 2 aromatic rings. The maximum Gasteiger partial charge on any atom is 0.420 e. The van der Waals surface area contributed by atoms with Gasteiger partial charge in [-0.15, -0.1) is 0 Å². The van der Waals surface area contributed by atoms with Crippen molar-refractivity contribution in [3.05, 3.63) is 60.2 Å². The number of hydrogen-bond donors (Lipinski definition) is 0. The summed E-state index contributed by atoms with van der Waals surface area (Å²) in [7, 11) is 1.20. The highest BCUT2D eigenvalue weighted by atomic mass is 16.6. The second-order valence-corrected chi connectivity index (χ2v) is 9.97. The molecule has 2 aromatic carbocycles. The number of amides is 2. The molecule has 1 unspecified atom stereocenters. The zero-order chi connectivity index (χ0) is 26.2. The lowest BCUT2D eigenvalue weighted by Crippen LogP contribution is -2.52. The number of aryl methyl sites for hydroxylation is 1. The van der Waals surface area contributed by atoms with Crippen molar-refractivity contribution in [2.24, 2.45) is 0 Å². The zero-order valence-electron chi connectivity index (χ0n) is 21.5. The van der Waals surface area contributed by atoms with Crippen molar-refractivity contribution < 1.29 is 33.3 Å². The van der Waals surface area contributed by atoms with Crippen LogP contribution in [0.1, 0.15) is 53.5 Å². The average Bonchev–Trinajstić information content (AvgIpc) is 2.75. The molecule has 2 rings (SSSR count). The minimum absolute atomic E-state index is 0.115. The molecule has 8 heteroatoms. The summed E-state index contributed by atoms with van der Waals surface area (Å²) >= 11 is 0. The van der Waals surface area contributed by atoms with Crippen molar-refractivity contribution in [1.29, 1.82) is 0 Å². The van der Waals surface area contributed by atoms with E-state index in [9.17, 15) is 14.4 Å². The average molecular weight is 486 g/mol. The Hall–Kier alpha value is -3.55. The van der Waals surface area contributed by atoms with Gasteiger partial charge in [0.1, 0.15) is 28.7 Å². The molecule has 1 atom stereocenters. The fraction of sp³-hybridized carbons (Fsp3) is 0.444. The highest BCUT2D eigenvalue weighted by Crippen LogP contribution is 2.23. The molecule has 35 heavy (non-hydrogen) atoms. The smallest absolute Gasteiger partial charge is 0.420 e. The highest BCUT2D eigenvalue weighted by Gasteiger charge is 2.40. The summed E-state index contributed by atoms with van der Waals surface area (Å²) in [6, 6.07) is 15.5. The molecule has 2 amide bonds. The van der Waals surface area contributed by atoms with Crippen molar-refractivity contribution in [2.45, 2.75) is 71.6 Å². The first kappa shape index (κ1) is 27.7. The molecular weight excluding hydrogens is 450 g/mol. The number of ether oxygens (including phenoxy) is 4. The molecule has 0 aliphatic rings. The molecule has 0 radical (unpaired) electrons. The second kappa shape index (κ2) is 11.7. The third kappa shape index (κ3) is 9.31. The molecule has 0 heterocycles. The van der Waals surface area contributed by atoms with E-state index in [4.69, 9.17) is 18.9 Å². The minimum Gasteiger partial charge on any atom is -0.467 e. The van der Waals surface area contributed by atoms with E-state index in [0.29, 0.717) is 17.1 Å². The molecule has 0 aliphatic carbocycles. The Morgan fingerprint density at radius 3 is 1.71 bits per heavy atom. The number of para-hydroxylation sites is 1. The SMILES string of the molecule is COC(=O)C(CCc1ccc(Oc2ccccc2)cc1)N(C(=O)OC(C)(C)C)C(=O)OC(C)(C)C. The van der Waals surface area contributed by atoms with Crippen LogP contribution in [0.4, 0.5) is 9.59 Å². The predicted octanol–water partition coefficient (Wildman–Crippen LogP) is 6.13. The number of nitrogens with zero attached hydrogens (tertiary/aromatic N) is 1. The van der Waals surface area contributed by atoms with Crippen LogP contribution in [0, 0.1) is 0 Å². The van der Waals surface area contributed by atoms with Crippen molar-refractivity contribution in [1.82, 2.24) is 4.90 Å². The molecule has 0 spiro atoms. The van der Waals surface area contributed by atoms with Crippen LogP contribution in [0.25, 0.3) is 0 Å². The first-order valence-electron chi connectivity index (χ1n) is 11.4. The minimum atomic E-state index is -1.23. The van der Waals surface area contributed by atoms with Crippen LogP contribution in [-0.4, -0.2) is 47.4 Å². The van der Waals surface area contributed by atoms with Gasteiger partial charge in [-0.1, -0.05) is 30.3 Å². The summed E-state index contributed by atoms with van der Waals surface area (Å²) in [5.74, 6) is 0.635. The lowest BCUT2D eigenvalue weighted by Gasteiger charge is -2.32. The van der Waals surface area contributed by atoms with Gasteiger partial charge < -0.3 is 18.9 Å². The Labute approximate surface area is 207 Å². The van der Waals surface area contributed by atoms with E-state index in [-0.39, 0.29) is 6.42 Å². The van der Waals surface area contributed by atoms with Gasteiger partial charge in [0.2, 0.25) is 0 Å². The van der Waals surface area contributed by atoms with Gasteiger partial charge in [0.15, 0.2) is 0 Å². The van der Waals surface area contributed by atoms with E-state index in [1.54, 1.807) is 41.5 Å². The number of carbonyl (C=O) groups excluding carboxylic acids is 3. The van der Waals surface area contributed by atoms with Gasteiger partial charge in [0, 0.05) is 0 Å². The molecule has 0 aromatic heterocycles. The lowest BCUT2D eigenvalue weighted by atomic mass is 10.0. The van der Waals surface area contributed by atoms with Crippen LogP contribution in [0.2, 0.25) is 0 Å². The number of carbonyl (C=O) groups is 3. The molecule has 0 saturated carbocycles. The highest BCUT2D eigenvalue weighted by molar-refractivity contribution is 5.94. The summed E-state index contributed by atoms with van der Waals surface area (Å²) < 4.78 is 21.5. The molecular formula is C27H35NO7. The topological polar surface area (TPSA) is 91.4 Å². The fourth-order valence-corrected chi connectivity index (χ4v) is 3.09. The van der Waals surface area contributed by atoms with Crippen LogP contribution in [0.15, 0.2) is 54.6 Å². The third-order valence-electron chi connectivity index (χ3n) is 4.57. The Morgan fingerprint density at radius 1 is 0.771 bits per heavy atom. The van der Waals surface area contributed by atoms with Gasteiger partial charge in [-0.25, -0.2) is 14.4 Å². The quantitative estimate of drug-likeness (QED) is 0.344. The molecule has 0 aliphatic heterocycles. The Kier molecular flexibility index (Phi) is 9.28. The molecule has 0 fully saturated rings. The first-order chi connectivity index (χ1) is 16.3. The van der Waals surface area contributed by atoms with E-state index >= 15 is 0 Å². The fourth-order valence-electron chi connectivity index (χ4n) is 3.09.